The topological polar surface area (TPSA) is 43.1 Å². The number of hydrogen-bond acceptors (Lipinski definition) is 2. The summed E-state index contributed by atoms with van der Waals surface area (Å²) in [4.78, 5) is 0. The van der Waals surface area contributed by atoms with Crippen LogP contribution in [-0.4, -0.2) is 5.16 Å². The average molecular weight is 299 g/mol. The van der Waals surface area contributed by atoms with E-state index in [1.165, 1.54) is 0 Å². The van der Waals surface area contributed by atoms with Gasteiger partial charge in [0.1, 0.15) is 7.14 Å². The molecule has 0 aromatic heterocycles. The maximum absolute atomic E-state index is 13.6. The SMILES string of the molecule is CC(C)(C)[P@](=O)(/C=C/c1ccc(N)cc1)c1ccccc1. The maximum Gasteiger partial charge on any atom is 0.141 e. The molecule has 0 saturated carbocycles. The molecule has 2 aromatic carbocycles. The molecule has 2 nitrogen and oxygen atoms in total. The van der Waals surface area contributed by atoms with Crippen molar-refractivity contribution in [1.29, 1.82) is 0 Å². The lowest BCUT2D eigenvalue weighted by atomic mass is 10.2. The summed E-state index contributed by atoms with van der Waals surface area (Å²) < 4.78 is 13.6. The Balaban J connectivity index is 2.43. The van der Waals surface area contributed by atoms with Crippen molar-refractivity contribution in [3.05, 3.63) is 66.0 Å². The zero-order valence-electron chi connectivity index (χ0n) is 12.8. The van der Waals surface area contributed by atoms with Gasteiger partial charge in [0, 0.05) is 16.1 Å². The lowest BCUT2D eigenvalue weighted by molar-refractivity contribution is 0.563. The van der Waals surface area contributed by atoms with Crippen LogP contribution in [0.1, 0.15) is 26.3 Å². The molecule has 0 aliphatic carbocycles. The van der Waals surface area contributed by atoms with E-state index in [-0.39, 0.29) is 5.16 Å². The van der Waals surface area contributed by atoms with E-state index >= 15 is 0 Å². The number of hydrogen-bond donors (Lipinski definition) is 1. The average Bonchev–Trinajstić information content (AvgIpc) is 2.46. The highest BCUT2D eigenvalue weighted by molar-refractivity contribution is 7.76. The van der Waals surface area contributed by atoms with Gasteiger partial charge in [0.25, 0.3) is 0 Å². The smallest absolute Gasteiger partial charge is 0.141 e. The molecule has 0 aliphatic heterocycles. The monoisotopic (exact) mass is 299 g/mol. The summed E-state index contributed by atoms with van der Waals surface area (Å²) in [6.45, 7) is 6.07. The van der Waals surface area contributed by atoms with Gasteiger partial charge in [-0.2, -0.15) is 0 Å². The molecule has 110 valence electrons. The number of anilines is 1. The molecule has 0 saturated heterocycles. The molecule has 0 fully saturated rings. The maximum atomic E-state index is 13.6. The molecule has 0 amide bonds. The fourth-order valence-corrected chi connectivity index (χ4v) is 4.54. The van der Waals surface area contributed by atoms with E-state index in [4.69, 9.17) is 5.73 Å². The Hall–Kier alpha value is -1.79. The molecular weight excluding hydrogens is 277 g/mol. The summed E-state index contributed by atoms with van der Waals surface area (Å²) >= 11 is 0. The Morgan fingerprint density at radius 1 is 0.952 bits per heavy atom. The van der Waals surface area contributed by atoms with E-state index in [1.54, 1.807) is 0 Å². The normalized spacial score (nSPS) is 15.0. The van der Waals surface area contributed by atoms with Crippen LogP contribution in [0.5, 0.6) is 0 Å². The third kappa shape index (κ3) is 3.46. The third-order valence-corrected chi connectivity index (χ3v) is 7.18. The van der Waals surface area contributed by atoms with Gasteiger partial charge < -0.3 is 10.3 Å². The first-order valence-electron chi connectivity index (χ1n) is 7.03. The van der Waals surface area contributed by atoms with Crippen LogP contribution in [0.15, 0.2) is 60.4 Å². The van der Waals surface area contributed by atoms with Crippen LogP contribution in [0.4, 0.5) is 5.69 Å². The van der Waals surface area contributed by atoms with E-state index in [0.717, 1.165) is 16.6 Å². The van der Waals surface area contributed by atoms with Gasteiger partial charge in [-0.1, -0.05) is 69.3 Å². The first kappa shape index (κ1) is 15.6. The number of rotatable bonds is 3. The molecule has 1 atom stereocenters. The van der Waals surface area contributed by atoms with Crippen LogP contribution >= 0.6 is 7.14 Å². The lowest BCUT2D eigenvalue weighted by Crippen LogP contribution is -2.21. The zero-order chi connectivity index (χ0) is 15.5. The van der Waals surface area contributed by atoms with Gasteiger partial charge in [-0.3, -0.25) is 0 Å². The molecule has 2 aromatic rings. The second-order valence-electron chi connectivity index (χ2n) is 6.15. The molecule has 2 rings (SSSR count). The van der Waals surface area contributed by atoms with E-state index in [1.807, 2.05) is 87.3 Å². The first-order chi connectivity index (χ1) is 9.83. The fourth-order valence-electron chi connectivity index (χ4n) is 2.14. The van der Waals surface area contributed by atoms with Crippen molar-refractivity contribution in [1.82, 2.24) is 0 Å². The Morgan fingerprint density at radius 2 is 1.52 bits per heavy atom. The van der Waals surface area contributed by atoms with Gasteiger partial charge in [0.15, 0.2) is 0 Å². The highest BCUT2D eigenvalue weighted by Crippen LogP contribution is 2.58. The highest BCUT2D eigenvalue weighted by atomic mass is 31.2. The Kier molecular flexibility index (Phi) is 4.39. The molecule has 0 bridgehead atoms. The van der Waals surface area contributed by atoms with Crippen molar-refractivity contribution in [3.8, 4) is 0 Å². The van der Waals surface area contributed by atoms with Crippen molar-refractivity contribution in [2.45, 2.75) is 25.9 Å². The largest absolute Gasteiger partial charge is 0.399 e. The summed E-state index contributed by atoms with van der Waals surface area (Å²) in [7, 11) is -2.64. The Labute approximate surface area is 127 Å². The van der Waals surface area contributed by atoms with Crippen LogP contribution in [0, 0.1) is 0 Å². The predicted molar refractivity (Wildman–Crippen MR) is 93.3 cm³/mol. The minimum atomic E-state index is -2.64. The van der Waals surface area contributed by atoms with Gasteiger partial charge in [0.2, 0.25) is 0 Å². The summed E-state index contributed by atoms with van der Waals surface area (Å²) in [5.74, 6) is 1.87. The number of nitrogen functional groups attached to an aromatic ring is 1. The predicted octanol–water partition coefficient (Wildman–Crippen LogP) is 4.73. The van der Waals surface area contributed by atoms with Crippen LogP contribution in [0.2, 0.25) is 0 Å². The molecule has 3 heteroatoms. The fraction of sp³-hybridized carbons (Fsp3) is 0.222. The quantitative estimate of drug-likeness (QED) is 0.658. The van der Waals surface area contributed by atoms with Gasteiger partial charge in [-0.25, -0.2) is 0 Å². The van der Waals surface area contributed by atoms with Gasteiger partial charge >= 0.3 is 0 Å². The molecule has 21 heavy (non-hydrogen) atoms. The standard InChI is InChI=1S/C18H22NOP/c1-18(2,3)21(20,17-7-5-4-6-8-17)14-13-15-9-11-16(19)12-10-15/h4-14H,19H2,1-3H3/b14-13+/t21-/m0/s1. The second-order valence-corrected chi connectivity index (χ2v) is 9.62. The van der Waals surface area contributed by atoms with Crippen LogP contribution in [-0.2, 0) is 4.57 Å². The van der Waals surface area contributed by atoms with E-state index in [9.17, 15) is 4.57 Å². The van der Waals surface area contributed by atoms with E-state index in [2.05, 4.69) is 0 Å². The van der Waals surface area contributed by atoms with Gasteiger partial charge in [0.05, 0.1) is 0 Å². The summed E-state index contributed by atoms with van der Waals surface area (Å²) in [5, 5.41) is 0.572. The summed E-state index contributed by atoms with van der Waals surface area (Å²) in [6.07, 6.45) is 1.93. The Bertz CT molecular complexity index is 667. The molecule has 0 heterocycles. The molecule has 2 N–H and O–H groups in total. The zero-order valence-corrected chi connectivity index (χ0v) is 13.7. The second kappa shape index (κ2) is 5.91. The number of nitrogens with two attached hydrogens (primary N) is 1. The van der Waals surface area contributed by atoms with Crippen LogP contribution in [0.3, 0.4) is 0 Å². The van der Waals surface area contributed by atoms with Crippen molar-refractivity contribution in [2.24, 2.45) is 0 Å². The lowest BCUT2D eigenvalue weighted by Gasteiger charge is -2.29. The van der Waals surface area contributed by atoms with Gasteiger partial charge in [-0.05, 0) is 23.5 Å². The molecule has 0 aliphatic rings. The van der Waals surface area contributed by atoms with Crippen molar-refractivity contribution in [3.63, 3.8) is 0 Å². The molecule has 0 spiro atoms. The van der Waals surface area contributed by atoms with Gasteiger partial charge in [-0.15, -0.1) is 0 Å². The highest BCUT2D eigenvalue weighted by Gasteiger charge is 2.35. The minimum absolute atomic E-state index is 0.321. The van der Waals surface area contributed by atoms with Crippen LogP contribution < -0.4 is 11.0 Å². The Morgan fingerprint density at radius 3 is 2.05 bits per heavy atom. The molecular formula is C18H22NOP. The molecule has 0 radical (unpaired) electrons. The minimum Gasteiger partial charge on any atom is -0.399 e. The van der Waals surface area contributed by atoms with E-state index in [0.29, 0.717) is 0 Å². The van der Waals surface area contributed by atoms with Crippen molar-refractivity contribution >= 4 is 24.2 Å². The first-order valence-corrected chi connectivity index (χ1v) is 8.81. The van der Waals surface area contributed by atoms with E-state index < -0.39 is 7.14 Å². The van der Waals surface area contributed by atoms with Crippen molar-refractivity contribution < 1.29 is 4.57 Å². The summed E-state index contributed by atoms with van der Waals surface area (Å²) in [5.41, 5.74) is 7.43. The number of benzene rings is 2. The molecule has 0 unspecified atom stereocenters. The van der Waals surface area contributed by atoms with Crippen LogP contribution in [0.25, 0.3) is 6.08 Å². The third-order valence-electron chi connectivity index (χ3n) is 3.55. The summed E-state index contributed by atoms with van der Waals surface area (Å²) in [6, 6.07) is 17.3. The van der Waals surface area contributed by atoms with Crippen molar-refractivity contribution in [2.75, 3.05) is 5.73 Å².